The first-order valence-electron chi connectivity index (χ1n) is 4.31. The molecule has 1 saturated carbocycles. The molecule has 0 spiro atoms. The lowest BCUT2D eigenvalue weighted by molar-refractivity contribution is -0.143. The lowest BCUT2D eigenvalue weighted by Crippen LogP contribution is -2.21. The highest BCUT2D eigenvalue weighted by Crippen LogP contribution is 2.76. The molecule has 0 aromatic heterocycles. The third kappa shape index (κ3) is 0.593. The van der Waals surface area contributed by atoms with Gasteiger partial charge >= 0.3 is 5.97 Å². The number of epoxide rings is 2. The van der Waals surface area contributed by atoms with E-state index in [0.29, 0.717) is 0 Å². The van der Waals surface area contributed by atoms with Gasteiger partial charge in [-0.3, -0.25) is 4.79 Å². The minimum Gasteiger partial charge on any atom is -0.481 e. The van der Waals surface area contributed by atoms with Gasteiger partial charge in [0.2, 0.25) is 11.6 Å². The van der Waals surface area contributed by atoms with Crippen LogP contribution in [-0.4, -0.2) is 22.7 Å². The lowest BCUT2D eigenvalue weighted by atomic mass is 9.87. The van der Waals surface area contributed by atoms with Crippen LogP contribution in [0.2, 0.25) is 0 Å². The summed E-state index contributed by atoms with van der Waals surface area (Å²) in [6.07, 6.45) is 3.08. The fourth-order valence-corrected chi connectivity index (χ4v) is 2.42. The molecule has 12 heavy (non-hydrogen) atoms. The van der Waals surface area contributed by atoms with Crippen molar-refractivity contribution in [3.05, 3.63) is 0 Å². The van der Waals surface area contributed by atoms with Gasteiger partial charge < -0.3 is 14.6 Å². The number of aliphatic carboxylic acids is 1. The van der Waals surface area contributed by atoms with E-state index in [1.165, 1.54) is 0 Å². The topological polar surface area (TPSA) is 62.4 Å². The van der Waals surface area contributed by atoms with E-state index in [1.54, 1.807) is 0 Å². The quantitative estimate of drug-likeness (QED) is 0.620. The van der Waals surface area contributed by atoms with E-state index in [4.69, 9.17) is 14.6 Å². The second kappa shape index (κ2) is 1.67. The van der Waals surface area contributed by atoms with Crippen LogP contribution < -0.4 is 0 Å². The molecule has 1 aliphatic carbocycles. The summed E-state index contributed by atoms with van der Waals surface area (Å²) in [6, 6.07) is 0. The minimum absolute atomic E-state index is 0.0868. The Hall–Kier alpha value is -0.610. The molecule has 1 atom stereocenters. The first-order valence-corrected chi connectivity index (χ1v) is 4.31. The smallest absolute Gasteiger partial charge is 0.303 e. The van der Waals surface area contributed by atoms with Gasteiger partial charge in [-0.05, 0) is 12.8 Å². The van der Waals surface area contributed by atoms with Crippen molar-refractivity contribution < 1.29 is 19.4 Å². The monoisotopic (exact) mass is 170 g/mol. The average molecular weight is 170 g/mol. The Bertz CT molecular complexity index is 254. The van der Waals surface area contributed by atoms with E-state index < -0.39 is 11.8 Å². The van der Waals surface area contributed by atoms with Gasteiger partial charge in [0.25, 0.3) is 0 Å². The molecule has 2 heterocycles. The van der Waals surface area contributed by atoms with Gasteiger partial charge in [0.05, 0.1) is 6.42 Å². The van der Waals surface area contributed by atoms with Gasteiger partial charge in [0, 0.05) is 12.3 Å². The van der Waals surface area contributed by atoms with Crippen molar-refractivity contribution in [3.8, 4) is 0 Å². The maximum atomic E-state index is 10.5. The van der Waals surface area contributed by atoms with Crippen molar-refractivity contribution in [2.24, 2.45) is 5.92 Å². The van der Waals surface area contributed by atoms with Gasteiger partial charge in [-0.25, -0.2) is 0 Å². The first kappa shape index (κ1) is 6.86. The molecule has 1 N–H and O–H groups in total. The van der Waals surface area contributed by atoms with Crippen molar-refractivity contribution >= 4 is 5.97 Å². The van der Waals surface area contributed by atoms with Gasteiger partial charge in [-0.15, -0.1) is 0 Å². The summed E-state index contributed by atoms with van der Waals surface area (Å²) in [5, 5.41) is 8.62. The summed E-state index contributed by atoms with van der Waals surface area (Å²) in [5.41, 5.74) is 0. The first-order chi connectivity index (χ1) is 5.69. The molecule has 3 aliphatic rings. The molecule has 0 bridgehead atoms. The van der Waals surface area contributed by atoms with Gasteiger partial charge in [0.15, 0.2) is 0 Å². The zero-order chi connectivity index (χ0) is 8.40. The maximum Gasteiger partial charge on any atom is 0.303 e. The molecular formula is C8H10O4. The second-order valence-corrected chi connectivity index (χ2v) is 3.81. The minimum atomic E-state index is -0.754. The van der Waals surface area contributed by atoms with E-state index >= 15 is 0 Å². The molecule has 2 aliphatic heterocycles. The number of rotatable bonds is 2. The van der Waals surface area contributed by atoms with E-state index in [-0.39, 0.29) is 18.1 Å². The largest absolute Gasteiger partial charge is 0.481 e. The third-order valence-corrected chi connectivity index (χ3v) is 3.10. The van der Waals surface area contributed by atoms with Crippen LogP contribution in [0.25, 0.3) is 0 Å². The Balaban J connectivity index is 1.76. The molecule has 0 aromatic rings. The summed E-state index contributed by atoms with van der Waals surface area (Å²) in [7, 11) is 0. The van der Waals surface area contributed by atoms with Crippen LogP contribution in [0.3, 0.4) is 0 Å². The Morgan fingerprint density at radius 3 is 3.00 bits per heavy atom. The highest BCUT2D eigenvalue weighted by molar-refractivity contribution is 5.67. The van der Waals surface area contributed by atoms with Crippen LogP contribution in [0.4, 0.5) is 0 Å². The predicted molar refractivity (Wildman–Crippen MR) is 37.2 cm³/mol. The van der Waals surface area contributed by atoms with Crippen LogP contribution in [0.5, 0.6) is 0 Å². The molecule has 3 fully saturated rings. The summed E-state index contributed by atoms with van der Waals surface area (Å²) in [4.78, 5) is 10.5. The fourth-order valence-electron chi connectivity index (χ4n) is 2.42. The van der Waals surface area contributed by atoms with Gasteiger partial charge in [-0.1, -0.05) is 0 Å². The number of ether oxygens (including phenoxy) is 2. The Kier molecular flexibility index (Phi) is 0.957. The second-order valence-electron chi connectivity index (χ2n) is 3.81. The highest BCUT2D eigenvalue weighted by Gasteiger charge is 2.93. The number of hydrogen-bond donors (Lipinski definition) is 1. The molecule has 66 valence electrons. The predicted octanol–water partition coefficient (Wildman–Crippen LogP) is 0.714. The van der Waals surface area contributed by atoms with Crippen LogP contribution in [0, 0.1) is 5.92 Å². The van der Waals surface area contributed by atoms with Crippen molar-refractivity contribution in [1.82, 2.24) is 0 Å². The lowest BCUT2D eigenvalue weighted by Gasteiger charge is -2.12. The molecule has 0 radical (unpaired) electrons. The summed E-state index contributed by atoms with van der Waals surface area (Å²) < 4.78 is 10.7. The Morgan fingerprint density at radius 1 is 1.58 bits per heavy atom. The number of hydrogen-bond acceptors (Lipinski definition) is 3. The fraction of sp³-hybridized carbons (Fsp3) is 0.875. The summed E-state index contributed by atoms with van der Waals surface area (Å²) >= 11 is 0. The molecule has 1 unspecified atom stereocenters. The molecule has 4 nitrogen and oxygen atoms in total. The molecule has 0 amide bonds. The van der Waals surface area contributed by atoms with Crippen LogP contribution >= 0.6 is 0 Å². The van der Waals surface area contributed by atoms with Crippen molar-refractivity contribution in [2.45, 2.75) is 37.3 Å². The highest BCUT2D eigenvalue weighted by atomic mass is 17.0. The normalized spacial score (nSPS) is 53.8. The Morgan fingerprint density at radius 2 is 2.33 bits per heavy atom. The van der Waals surface area contributed by atoms with Crippen LogP contribution in [0.15, 0.2) is 0 Å². The molecule has 4 heteroatoms. The van der Waals surface area contributed by atoms with Crippen molar-refractivity contribution in [3.63, 3.8) is 0 Å². The standard InChI is InChI=1S/C8H10O4/c9-6(10)4-5-2-1-3-7-8(5,11-7)12-7/h5H,1-4H2,(H,9,10). The number of carbonyl (C=O) groups is 1. The van der Waals surface area contributed by atoms with E-state index in [0.717, 1.165) is 19.3 Å². The van der Waals surface area contributed by atoms with E-state index in [1.807, 2.05) is 0 Å². The Labute approximate surface area is 69.5 Å². The zero-order valence-corrected chi connectivity index (χ0v) is 6.58. The van der Waals surface area contributed by atoms with Gasteiger partial charge in [-0.2, -0.15) is 0 Å². The summed E-state index contributed by atoms with van der Waals surface area (Å²) in [5.74, 6) is -1.42. The molecular weight excluding hydrogens is 160 g/mol. The van der Waals surface area contributed by atoms with Crippen molar-refractivity contribution in [1.29, 1.82) is 0 Å². The summed E-state index contributed by atoms with van der Waals surface area (Å²) in [6.45, 7) is 0. The average Bonchev–Trinajstić information content (AvgIpc) is 2.70. The SMILES string of the molecule is O=C(O)CC1CCCC23OC12O3. The zero-order valence-electron chi connectivity index (χ0n) is 6.58. The van der Waals surface area contributed by atoms with E-state index in [9.17, 15) is 4.79 Å². The van der Waals surface area contributed by atoms with Crippen LogP contribution in [0.1, 0.15) is 25.7 Å². The van der Waals surface area contributed by atoms with Crippen LogP contribution in [-0.2, 0) is 14.3 Å². The number of carboxylic acids is 1. The maximum absolute atomic E-state index is 10.5. The number of carboxylic acid groups (broad SMARTS) is 1. The molecule has 0 aromatic carbocycles. The van der Waals surface area contributed by atoms with Crippen molar-refractivity contribution in [2.75, 3.05) is 0 Å². The van der Waals surface area contributed by atoms with Gasteiger partial charge in [0.1, 0.15) is 0 Å². The molecule has 3 rings (SSSR count). The molecule has 2 saturated heterocycles. The van der Waals surface area contributed by atoms with E-state index in [2.05, 4.69) is 0 Å². The third-order valence-electron chi connectivity index (χ3n) is 3.10.